The second kappa shape index (κ2) is 7.39. The fourth-order valence-electron chi connectivity index (χ4n) is 1.84. The molecule has 1 aromatic carbocycles. The van der Waals surface area contributed by atoms with Gasteiger partial charge in [-0.3, -0.25) is 4.79 Å². The van der Waals surface area contributed by atoms with E-state index in [1.165, 1.54) is 0 Å². The molecule has 2 unspecified atom stereocenters. The zero-order chi connectivity index (χ0) is 13.5. The molecular formula is C14H21ClN2O. The zero-order valence-corrected chi connectivity index (χ0v) is 11.7. The number of halogens is 1. The van der Waals surface area contributed by atoms with Crippen LogP contribution in [0.2, 0.25) is 5.02 Å². The topological polar surface area (TPSA) is 55.1 Å². The highest BCUT2D eigenvalue weighted by Gasteiger charge is 2.17. The molecule has 3 nitrogen and oxygen atoms in total. The molecule has 2 atom stereocenters. The van der Waals surface area contributed by atoms with Gasteiger partial charge in [0.1, 0.15) is 0 Å². The van der Waals surface area contributed by atoms with Gasteiger partial charge in [0, 0.05) is 10.9 Å². The Morgan fingerprint density at radius 2 is 2.22 bits per heavy atom. The lowest BCUT2D eigenvalue weighted by Crippen LogP contribution is -2.33. The van der Waals surface area contributed by atoms with Gasteiger partial charge in [0.05, 0.1) is 6.04 Å². The first-order valence-electron chi connectivity index (χ1n) is 6.34. The average Bonchev–Trinajstić information content (AvgIpc) is 2.35. The summed E-state index contributed by atoms with van der Waals surface area (Å²) in [7, 11) is 0. The molecule has 3 N–H and O–H groups in total. The van der Waals surface area contributed by atoms with E-state index in [9.17, 15) is 4.79 Å². The fourth-order valence-corrected chi connectivity index (χ4v) is 2.04. The van der Waals surface area contributed by atoms with Crippen molar-refractivity contribution in [2.75, 3.05) is 6.54 Å². The van der Waals surface area contributed by atoms with Crippen LogP contribution >= 0.6 is 11.6 Å². The number of benzene rings is 1. The van der Waals surface area contributed by atoms with Crippen LogP contribution in [0.15, 0.2) is 24.3 Å². The van der Waals surface area contributed by atoms with Crippen LogP contribution in [-0.4, -0.2) is 12.5 Å². The first-order valence-corrected chi connectivity index (χ1v) is 6.72. The molecule has 4 heteroatoms. The number of nitrogens with two attached hydrogens (primary N) is 1. The smallest absolute Gasteiger partial charge is 0.223 e. The van der Waals surface area contributed by atoms with E-state index in [-0.39, 0.29) is 17.9 Å². The number of rotatable bonds is 6. The molecule has 0 aliphatic rings. The van der Waals surface area contributed by atoms with Crippen molar-refractivity contribution >= 4 is 17.5 Å². The first kappa shape index (κ1) is 15.0. The Bertz CT molecular complexity index is 395. The Morgan fingerprint density at radius 3 is 2.78 bits per heavy atom. The minimum absolute atomic E-state index is 0.0106. The van der Waals surface area contributed by atoms with Crippen molar-refractivity contribution in [3.63, 3.8) is 0 Å². The zero-order valence-electron chi connectivity index (χ0n) is 10.9. The van der Waals surface area contributed by atoms with Crippen LogP contribution in [0.1, 0.15) is 38.3 Å². The molecule has 0 heterocycles. The molecule has 0 radical (unpaired) electrons. The molecule has 0 saturated carbocycles. The summed E-state index contributed by atoms with van der Waals surface area (Å²) in [5, 5.41) is 3.73. The molecule has 0 spiro atoms. The van der Waals surface area contributed by atoms with E-state index < -0.39 is 0 Å². The Labute approximate surface area is 114 Å². The Hall–Kier alpha value is -1.06. The van der Waals surface area contributed by atoms with Gasteiger partial charge in [0.15, 0.2) is 0 Å². The van der Waals surface area contributed by atoms with Gasteiger partial charge in [-0.2, -0.15) is 0 Å². The van der Waals surface area contributed by atoms with Crippen LogP contribution in [0.3, 0.4) is 0 Å². The number of amides is 1. The largest absolute Gasteiger partial charge is 0.349 e. The Morgan fingerprint density at radius 1 is 1.50 bits per heavy atom. The van der Waals surface area contributed by atoms with Crippen LogP contribution in [0.5, 0.6) is 0 Å². The Balaban J connectivity index is 2.70. The molecule has 0 saturated heterocycles. The van der Waals surface area contributed by atoms with Crippen molar-refractivity contribution in [3.05, 3.63) is 34.9 Å². The second-order valence-electron chi connectivity index (χ2n) is 4.50. The van der Waals surface area contributed by atoms with Gasteiger partial charge in [-0.25, -0.2) is 0 Å². The third kappa shape index (κ3) is 4.31. The van der Waals surface area contributed by atoms with E-state index in [4.69, 9.17) is 17.3 Å². The molecule has 0 fully saturated rings. The number of carbonyl (C=O) groups is 1. The third-order valence-corrected chi connectivity index (χ3v) is 3.26. The summed E-state index contributed by atoms with van der Waals surface area (Å²) in [6.45, 7) is 4.47. The maximum Gasteiger partial charge on any atom is 0.223 e. The Kier molecular flexibility index (Phi) is 6.16. The van der Waals surface area contributed by atoms with E-state index in [2.05, 4.69) is 5.32 Å². The number of hydrogen-bond donors (Lipinski definition) is 2. The quantitative estimate of drug-likeness (QED) is 0.834. The van der Waals surface area contributed by atoms with Gasteiger partial charge in [0.2, 0.25) is 5.91 Å². The molecule has 100 valence electrons. The van der Waals surface area contributed by atoms with Crippen molar-refractivity contribution < 1.29 is 4.79 Å². The van der Waals surface area contributed by atoms with E-state index in [1.807, 2.05) is 38.1 Å². The van der Waals surface area contributed by atoms with Crippen molar-refractivity contribution in [3.8, 4) is 0 Å². The molecule has 0 aromatic heterocycles. The SMILES string of the molecule is CCC(NC(=O)C(C)CCN)c1cccc(Cl)c1. The van der Waals surface area contributed by atoms with Crippen LogP contribution in [-0.2, 0) is 4.79 Å². The molecule has 1 amide bonds. The summed E-state index contributed by atoms with van der Waals surface area (Å²) in [5.41, 5.74) is 6.50. The van der Waals surface area contributed by atoms with Gasteiger partial charge < -0.3 is 11.1 Å². The van der Waals surface area contributed by atoms with E-state index >= 15 is 0 Å². The molecule has 0 aliphatic carbocycles. The predicted octanol–water partition coefficient (Wildman–Crippen LogP) is 2.89. The van der Waals surface area contributed by atoms with Crippen LogP contribution in [0.4, 0.5) is 0 Å². The number of nitrogens with one attached hydrogen (secondary N) is 1. The van der Waals surface area contributed by atoms with Crippen molar-refractivity contribution in [2.24, 2.45) is 11.7 Å². The lowest BCUT2D eigenvalue weighted by Gasteiger charge is -2.20. The molecular weight excluding hydrogens is 248 g/mol. The minimum Gasteiger partial charge on any atom is -0.349 e. The van der Waals surface area contributed by atoms with Crippen molar-refractivity contribution in [1.82, 2.24) is 5.32 Å². The van der Waals surface area contributed by atoms with Gasteiger partial charge in [-0.1, -0.05) is 37.6 Å². The molecule has 0 bridgehead atoms. The van der Waals surface area contributed by atoms with Crippen LogP contribution in [0.25, 0.3) is 0 Å². The maximum absolute atomic E-state index is 12.0. The highest BCUT2D eigenvalue weighted by molar-refractivity contribution is 6.30. The molecule has 0 aliphatic heterocycles. The summed E-state index contributed by atoms with van der Waals surface area (Å²) in [4.78, 5) is 12.0. The predicted molar refractivity (Wildman–Crippen MR) is 75.5 cm³/mol. The van der Waals surface area contributed by atoms with Crippen LogP contribution < -0.4 is 11.1 Å². The van der Waals surface area contributed by atoms with Gasteiger partial charge >= 0.3 is 0 Å². The summed E-state index contributed by atoms with van der Waals surface area (Å²) in [6, 6.07) is 7.61. The summed E-state index contributed by atoms with van der Waals surface area (Å²) in [6.07, 6.45) is 1.54. The summed E-state index contributed by atoms with van der Waals surface area (Å²) < 4.78 is 0. The summed E-state index contributed by atoms with van der Waals surface area (Å²) >= 11 is 5.97. The van der Waals surface area contributed by atoms with E-state index in [1.54, 1.807) is 0 Å². The van der Waals surface area contributed by atoms with E-state index in [0.29, 0.717) is 18.0 Å². The molecule has 18 heavy (non-hydrogen) atoms. The number of hydrogen-bond acceptors (Lipinski definition) is 2. The lowest BCUT2D eigenvalue weighted by molar-refractivity contribution is -0.125. The molecule has 1 aromatic rings. The minimum atomic E-state index is -0.0526. The maximum atomic E-state index is 12.0. The highest BCUT2D eigenvalue weighted by Crippen LogP contribution is 2.20. The van der Waals surface area contributed by atoms with Crippen molar-refractivity contribution in [1.29, 1.82) is 0 Å². The van der Waals surface area contributed by atoms with E-state index in [0.717, 1.165) is 12.0 Å². The second-order valence-corrected chi connectivity index (χ2v) is 4.94. The lowest BCUT2D eigenvalue weighted by atomic mass is 10.0. The van der Waals surface area contributed by atoms with Gasteiger partial charge in [-0.05, 0) is 37.1 Å². The summed E-state index contributed by atoms with van der Waals surface area (Å²) in [5.74, 6) is -0.00416. The van der Waals surface area contributed by atoms with Crippen molar-refractivity contribution in [2.45, 2.75) is 32.7 Å². The van der Waals surface area contributed by atoms with Gasteiger partial charge in [-0.15, -0.1) is 0 Å². The third-order valence-electron chi connectivity index (χ3n) is 3.02. The normalized spacial score (nSPS) is 14.0. The first-order chi connectivity index (χ1) is 8.58. The standard InChI is InChI=1S/C14H21ClN2O/c1-3-13(11-5-4-6-12(15)9-11)17-14(18)10(2)7-8-16/h4-6,9-10,13H,3,7-8,16H2,1-2H3,(H,17,18). The average molecular weight is 269 g/mol. The molecule has 1 rings (SSSR count). The monoisotopic (exact) mass is 268 g/mol. The highest BCUT2D eigenvalue weighted by atomic mass is 35.5. The number of carbonyl (C=O) groups excluding carboxylic acids is 1. The van der Waals surface area contributed by atoms with Gasteiger partial charge in [0.25, 0.3) is 0 Å². The fraction of sp³-hybridized carbons (Fsp3) is 0.500. The van der Waals surface area contributed by atoms with Crippen LogP contribution in [0, 0.1) is 5.92 Å².